The van der Waals surface area contributed by atoms with Crippen molar-refractivity contribution >= 4 is 0 Å². The van der Waals surface area contributed by atoms with E-state index in [0.29, 0.717) is 0 Å². The first kappa shape index (κ1) is 33.9. The van der Waals surface area contributed by atoms with Gasteiger partial charge in [-0.2, -0.15) is 0 Å². The highest BCUT2D eigenvalue weighted by molar-refractivity contribution is 5.26. The second kappa shape index (κ2) is 20.8. The Morgan fingerprint density at radius 3 is 1.26 bits per heavy atom. The van der Waals surface area contributed by atoms with E-state index in [1.165, 1.54) is 122 Å². The first-order chi connectivity index (χ1) is 18.3. The molecule has 1 heterocycles. The van der Waals surface area contributed by atoms with E-state index in [1.807, 2.05) is 0 Å². The van der Waals surface area contributed by atoms with Gasteiger partial charge in [0.1, 0.15) is 12.4 Å². The van der Waals surface area contributed by atoms with Gasteiger partial charge in [0.2, 0.25) is 6.33 Å². The molecule has 1 aromatic heterocycles. The smallest absolute Gasteiger partial charge is 0.243 e. The molecule has 0 saturated heterocycles. The summed E-state index contributed by atoms with van der Waals surface area (Å²) in [7, 11) is 2.09. The Hall–Kier alpha value is -2.12. The van der Waals surface area contributed by atoms with Crippen molar-refractivity contribution in [2.24, 2.45) is 7.05 Å². The molecule has 0 aliphatic rings. The van der Waals surface area contributed by atoms with Crippen molar-refractivity contribution in [3.63, 3.8) is 0 Å². The van der Waals surface area contributed by atoms with E-state index in [-0.39, 0.29) is 0 Å². The average Bonchev–Trinajstić information content (AvgIpc) is 3.34. The SMILES string of the molecule is CCCCCCCCCCCCCCCCCCCCn1cc[n+](C)c1.[O-]c1c(F)c(F)c(F)c(F)c1F. The fourth-order valence-corrected chi connectivity index (χ4v) is 4.41. The zero-order chi connectivity index (χ0) is 28.2. The summed E-state index contributed by atoms with van der Waals surface area (Å²) in [5, 5.41) is 10.2. The Balaban J connectivity index is 0.000000499. The van der Waals surface area contributed by atoms with Gasteiger partial charge in [0.05, 0.1) is 13.6 Å². The number of aromatic nitrogens is 2. The fourth-order valence-electron chi connectivity index (χ4n) is 4.41. The van der Waals surface area contributed by atoms with Crippen molar-refractivity contribution in [1.82, 2.24) is 4.57 Å². The van der Waals surface area contributed by atoms with Crippen molar-refractivity contribution in [2.45, 2.75) is 129 Å². The van der Waals surface area contributed by atoms with Crippen molar-refractivity contribution < 1.29 is 31.6 Å². The Morgan fingerprint density at radius 1 is 0.579 bits per heavy atom. The summed E-state index contributed by atoms with van der Waals surface area (Å²) in [6.45, 7) is 3.48. The fraction of sp³-hybridized carbons (Fsp3) is 0.700. The lowest BCUT2D eigenvalue weighted by Gasteiger charge is -2.09. The molecule has 1 aromatic carbocycles. The molecule has 0 spiro atoms. The third kappa shape index (κ3) is 14.1. The molecule has 0 unspecified atom stereocenters. The number of imidazole rings is 1. The second-order valence-corrected chi connectivity index (χ2v) is 10.2. The lowest BCUT2D eigenvalue weighted by Crippen LogP contribution is -2.23. The van der Waals surface area contributed by atoms with Gasteiger partial charge in [-0.3, -0.25) is 0 Å². The van der Waals surface area contributed by atoms with Crippen molar-refractivity contribution in [1.29, 1.82) is 0 Å². The molecular formula is C30H47F5N2O. The first-order valence-corrected chi connectivity index (χ1v) is 14.5. The van der Waals surface area contributed by atoms with E-state index in [1.54, 1.807) is 0 Å². The number of rotatable bonds is 19. The Labute approximate surface area is 226 Å². The maximum absolute atomic E-state index is 12.1. The molecule has 0 saturated carbocycles. The van der Waals surface area contributed by atoms with E-state index in [9.17, 15) is 27.1 Å². The highest BCUT2D eigenvalue weighted by Crippen LogP contribution is 2.25. The molecule has 3 nitrogen and oxygen atoms in total. The molecular weight excluding hydrogens is 499 g/mol. The van der Waals surface area contributed by atoms with Gasteiger partial charge in [-0.15, -0.1) is 0 Å². The van der Waals surface area contributed by atoms with Gasteiger partial charge in [-0.05, 0) is 18.6 Å². The predicted octanol–water partition coefficient (Wildman–Crippen LogP) is 8.81. The number of halogens is 5. The molecule has 8 heteroatoms. The molecule has 0 fully saturated rings. The standard InChI is InChI=1S/C24H47N2.C6HF5O/c1-3-4-5-6-7-8-9-10-11-12-13-14-15-16-17-18-19-20-21-26-23-22-25(2)24-26;7-1-2(8)4(10)6(12)5(11)3(1)9/h22-24H,3-21H2,1-2H3;12H/q+1;/p-1. The van der Waals surface area contributed by atoms with Crippen molar-refractivity contribution in [3.8, 4) is 5.75 Å². The zero-order valence-corrected chi connectivity index (χ0v) is 23.4. The molecule has 0 atom stereocenters. The molecule has 0 bridgehead atoms. The number of aryl methyl sites for hydroxylation is 2. The molecule has 0 aliphatic heterocycles. The molecule has 0 amide bonds. The lowest BCUT2D eigenvalue weighted by molar-refractivity contribution is -0.671. The quantitative estimate of drug-likeness (QED) is 0.0570. The second-order valence-electron chi connectivity index (χ2n) is 10.2. The summed E-state index contributed by atoms with van der Waals surface area (Å²) in [5.74, 6) is -13.6. The summed E-state index contributed by atoms with van der Waals surface area (Å²) in [4.78, 5) is 0. The molecule has 218 valence electrons. The maximum Gasteiger partial charge on any atom is 0.243 e. The number of hydrogen-bond donors (Lipinski definition) is 0. The minimum absolute atomic E-state index is 1.18. The normalized spacial score (nSPS) is 11.0. The van der Waals surface area contributed by atoms with Gasteiger partial charge < -0.3 is 5.11 Å². The van der Waals surface area contributed by atoms with Crippen LogP contribution in [0, 0.1) is 29.1 Å². The van der Waals surface area contributed by atoms with Crippen molar-refractivity contribution in [3.05, 3.63) is 47.8 Å². The maximum atomic E-state index is 12.1. The Bertz CT molecular complexity index is 783. The summed E-state index contributed by atoms with van der Waals surface area (Å²) < 4.78 is 64.8. The van der Waals surface area contributed by atoms with Crippen LogP contribution in [-0.2, 0) is 13.6 Å². The molecule has 0 N–H and O–H groups in total. The topological polar surface area (TPSA) is 31.9 Å². The molecule has 2 aromatic rings. The molecule has 38 heavy (non-hydrogen) atoms. The van der Waals surface area contributed by atoms with Gasteiger partial charge in [0.15, 0.2) is 29.1 Å². The molecule has 0 radical (unpaired) electrons. The molecule has 2 rings (SSSR count). The van der Waals surface area contributed by atoms with Crippen LogP contribution in [0.3, 0.4) is 0 Å². The van der Waals surface area contributed by atoms with Gasteiger partial charge in [-0.1, -0.05) is 110 Å². The number of nitrogens with zero attached hydrogens (tertiary/aromatic N) is 2. The predicted molar refractivity (Wildman–Crippen MR) is 140 cm³/mol. The van der Waals surface area contributed by atoms with E-state index in [4.69, 9.17) is 0 Å². The van der Waals surface area contributed by atoms with Gasteiger partial charge in [0.25, 0.3) is 0 Å². The van der Waals surface area contributed by atoms with E-state index < -0.39 is 34.8 Å². The highest BCUT2D eigenvalue weighted by Gasteiger charge is 2.20. The minimum atomic E-state index is -2.33. The first-order valence-electron chi connectivity index (χ1n) is 14.5. The van der Waals surface area contributed by atoms with Crippen LogP contribution in [0.1, 0.15) is 122 Å². The summed E-state index contributed by atoms with van der Waals surface area (Å²) in [5.41, 5.74) is 0. The van der Waals surface area contributed by atoms with E-state index >= 15 is 0 Å². The number of benzene rings is 1. The average molecular weight is 547 g/mol. The van der Waals surface area contributed by atoms with Crippen LogP contribution in [-0.4, -0.2) is 4.57 Å². The van der Waals surface area contributed by atoms with Crippen LogP contribution in [0.25, 0.3) is 0 Å². The minimum Gasteiger partial charge on any atom is -0.868 e. The van der Waals surface area contributed by atoms with Crippen LogP contribution in [0.4, 0.5) is 22.0 Å². The van der Waals surface area contributed by atoms with Gasteiger partial charge in [0, 0.05) is 0 Å². The van der Waals surface area contributed by atoms with Gasteiger partial charge in [-0.25, -0.2) is 31.1 Å². The largest absolute Gasteiger partial charge is 0.868 e. The van der Waals surface area contributed by atoms with Gasteiger partial charge >= 0.3 is 0 Å². The summed E-state index contributed by atoms with van der Waals surface area (Å²) in [6.07, 6.45) is 32.5. The van der Waals surface area contributed by atoms with Crippen LogP contribution in [0.15, 0.2) is 18.7 Å². The van der Waals surface area contributed by atoms with Crippen LogP contribution in [0.5, 0.6) is 5.75 Å². The summed E-state index contributed by atoms with van der Waals surface area (Å²) in [6, 6.07) is 0. The monoisotopic (exact) mass is 546 g/mol. The lowest BCUT2D eigenvalue weighted by atomic mass is 10.0. The molecule has 0 aliphatic carbocycles. The Kier molecular flexibility index (Phi) is 18.6. The third-order valence-corrected chi connectivity index (χ3v) is 6.76. The summed E-state index contributed by atoms with van der Waals surface area (Å²) >= 11 is 0. The van der Waals surface area contributed by atoms with Crippen LogP contribution >= 0.6 is 0 Å². The Morgan fingerprint density at radius 2 is 0.921 bits per heavy atom. The van der Waals surface area contributed by atoms with Crippen LogP contribution < -0.4 is 9.67 Å². The van der Waals surface area contributed by atoms with Crippen molar-refractivity contribution in [2.75, 3.05) is 0 Å². The van der Waals surface area contributed by atoms with Crippen LogP contribution in [0.2, 0.25) is 0 Å². The number of hydrogen-bond acceptors (Lipinski definition) is 1. The van der Waals surface area contributed by atoms with E-state index in [0.717, 1.165) is 0 Å². The third-order valence-electron chi connectivity index (χ3n) is 6.76. The van der Waals surface area contributed by atoms with E-state index in [2.05, 4.69) is 41.8 Å². The zero-order valence-electron chi connectivity index (χ0n) is 23.4. The number of unbranched alkanes of at least 4 members (excludes halogenated alkanes) is 17. The highest BCUT2D eigenvalue weighted by atomic mass is 19.2.